The minimum Gasteiger partial charge on any atom is -0.477 e. The summed E-state index contributed by atoms with van der Waals surface area (Å²) in [5, 5.41) is 9.10. The number of carbonyl (C=O) groups is 1. The number of benzene rings is 1. The molecule has 0 radical (unpaired) electrons. The highest BCUT2D eigenvalue weighted by atomic mass is 16.4. The van der Waals surface area contributed by atoms with Gasteiger partial charge in [-0.2, -0.15) is 0 Å². The molecule has 5 nitrogen and oxygen atoms in total. The fraction of sp³-hybridized carbons (Fsp3) is 0.154. The van der Waals surface area contributed by atoms with Crippen molar-refractivity contribution >= 4 is 17.5 Å². The van der Waals surface area contributed by atoms with Gasteiger partial charge in [0.1, 0.15) is 11.9 Å². The molecule has 0 aliphatic rings. The lowest BCUT2D eigenvalue weighted by molar-refractivity contribution is 0.0697. The molecule has 0 aliphatic heterocycles. The Morgan fingerprint density at radius 3 is 2.56 bits per heavy atom. The lowest BCUT2D eigenvalue weighted by atomic mass is 10.2. The molecular weight excluding hydrogens is 230 g/mol. The van der Waals surface area contributed by atoms with Crippen LogP contribution in [0.4, 0.5) is 11.5 Å². The molecule has 2 aromatic rings. The molecule has 0 amide bonds. The molecule has 1 aromatic heterocycles. The van der Waals surface area contributed by atoms with Crippen LogP contribution < -0.4 is 4.90 Å². The number of anilines is 2. The fourth-order valence-corrected chi connectivity index (χ4v) is 1.63. The van der Waals surface area contributed by atoms with Gasteiger partial charge in [-0.1, -0.05) is 17.7 Å². The van der Waals surface area contributed by atoms with Crippen LogP contribution in [0.25, 0.3) is 0 Å². The molecule has 2 rings (SSSR count). The van der Waals surface area contributed by atoms with Crippen LogP contribution in [0, 0.1) is 6.92 Å². The Hall–Kier alpha value is -2.43. The Kier molecular flexibility index (Phi) is 3.23. The van der Waals surface area contributed by atoms with E-state index in [-0.39, 0.29) is 5.56 Å². The summed E-state index contributed by atoms with van der Waals surface area (Å²) in [6.45, 7) is 2.00. The van der Waals surface area contributed by atoms with Crippen molar-refractivity contribution in [3.8, 4) is 0 Å². The number of carboxylic acid groups (broad SMARTS) is 1. The van der Waals surface area contributed by atoms with Crippen LogP contribution in [0.15, 0.2) is 36.8 Å². The second-order valence-corrected chi connectivity index (χ2v) is 3.96. The first-order valence-corrected chi connectivity index (χ1v) is 5.43. The molecule has 0 saturated carbocycles. The number of carboxylic acids is 1. The molecule has 0 unspecified atom stereocenters. The Morgan fingerprint density at radius 2 is 1.94 bits per heavy atom. The molecule has 5 heteroatoms. The summed E-state index contributed by atoms with van der Waals surface area (Å²) in [5.74, 6) is -0.661. The van der Waals surface area contributed by atoms with E-state index >= 15 is 0 Å². The van der Waals surface area contributed by atoms with Crippen LogP contribution in [0.2, 0.25) is 0 Å². The first-order chi connectivity index (χ1) is 8.59. The van der Waals surface area contributed by atoms with Gasteiger partial charge < -0.3 is 10.0 Å². The van der Waals surface area contributed by atoms with Crippen LogP contribution in [0.1, 0.15) is 15.9 Å². The van der Waals surface area contributed by atoms with Crippen molar-refractivity contribution in [1.82, 2.24) is 9.97 Å². The van der Waals surface area contributed by atoms with Gasteiger partial charge in [0.25, 0.3) is 0 Å². The number of hydrogen-bond acceptors (Lipinski definition) is 4. The predicted molar refractivity (Wildman–Crippen MR) is 68.2 cm³/mol. The third-order valence-corrected chi connectivity index (χ3v) is 2.66. The second kappa shape index (κ2) is 4.83. The fourth-order valence-electron chi connectivity index (χ4n) is 1.63. The molecule has 0 fully saturated rings. The van der Waals surface area contributed by atoms with Crippen LogP contribution in [-0.4, -0.2) is 28.1 Å². The Labute approximate surface area is 105 Å². The average Bonchev–Trinajstić information content (AvgIpc) is 2.39. The van der Waals surface area contributed by atoms with E-state index in [2.05, 4.69) is 9.97 Å². The van der Waals surface area contributed by atoms with E-state index in [0.717, 1.165) is 11.3 Å². The second-order valence-electron chi connectivity index (χ2n) is 3.96. The Morgan fingerprint density at radius 1 is 1.28 bits per heavy atom. The number of aryl methyl sites for hydroxylation is 1. The quantitative estimate of drug-likeness (QED) is 0.895. The minimum absolute atomic E-state index is 0.0839. The summed E-state index contributed by atoms with van der Waals surface area (Å²) >= 11 is 0. The third-order valence-electron chi connectivity index (χ3n) is 2.66. The molecule has 1 N–H and O–H groups in total. The Balaban J connectivity index is 2.42. The lowest BCUT2D eigenvalue weighted by Gasteiger charge is -2.19. The number of nitrogens with zero attached hydrogens (tertiary/aromatic N) is 3. The molecule has 0 spiro atoms. The van der Waals surface area contributed by atoms with Gasteiger partial charge in [0.2, 0.25) is 0 Å². The normalized spacial score (nSPS) is 10.1. The average molecular weight is 243 g/mol. The smallest absolute Gasteiger partial charge is 0.341 e. The Bertz CT molecular complexity index is 567. The highest BCUT2D eigenvalue weighted by Gasteiger charge is 2.15. The summed E-state index contributed by atoms with van der Waals surface area (Å²) in [6, 6.07) is 7.77. The number of hydrogen-bond donors (Lipinski definition) is 1. The van der Waals surface area contributed by atoms with Crippen molar-refractivity contribution in [2.24, 2.45) is 0 Å². The minimum atomic E-state index is -1.04. The molecule has 92 valence electrons. The molecule has 0 aliphatic carbocycles. The van der Waals surface area contributed by atoms with Crippen LogP contribution in [0.3, 0.4) is 0 Å². The van der Waals surface area contributed by atoms with E-state index < -0.39 is 5.97 Å². The van der Waals surface area contributed by atoms with Crippen molar-refractivity contribution in [2.45, 2.75) is 6.92 Å². The highest BCUT2D eigenvalue weighted by Crippen LogP contribution is 2.24. The van der Waals surface area contributed by atoms with Gasteiger partial charge in [-0.15, -0.1) is 0 Å². The molecule has 0 atom stereocenters. The van der Waals surface area contributed by atoms with Crippen molar-refractivity contribution < 1.29 is 9.90 Å². The number of aromatic nitrogens is 2. The zero-order valence-corrected chi connectivity index (χ0v) is 10.2. The maximum absolute atomic E-state index is 11.1. The first-order valence-electron chi connectivity index (χ1n) is 5.43. The van der Waals surface area contributed by atoms with Crippen LogP contribution >= 0.6 is 0 Å². The van der Waals surface area contributed by atoms with Crippen LogP contribution in [0.5, 0.6) is 0 Å². The molecular formula is C13H13N3O2. The van der Waals surface area contributed by atoms with Gasteiger partial charge >= 0.3 is 5.97 Å². The summed E-state index contributed by atoms with van der Waals surface area (Å²) in [4.78, 5) is 20.6. The van der Waals surface area contributed by atoms with Gasteiger partial charge in [0, 0.05) is 18.9 Å². The summed E-state index contributed by atoms with van der Waals surface area (Å²) in [7, 11) is 1.78. The predicted octanol–water partition coefficient (Wildman–Crippen LogP) is 2.25. The zero-order valence-electron chi connectivity index (χ0n) is 10.2. The topological polar surface area (TPSA) is 66.3 Å². The highest BCUT2D eigenvalue weighted by molar-refractivity contribution is 5.93. The lowest BCUT2D eigenvalue weighted by Crippen LogP contribution is -2.16. The summed E-state index contributed by atoms with van der Waals surface area (Å²) in [5.41, 5.74) is 2.11. The maximum Gasteiger partial charge on any atom is 0.341 e. The SMILES string of the molecule is Cc1ccc(N(C)c2ncncc2C(=O)O)cc1. The summed E-state index contributed by atoms with van der Waals surface area (Å²) < 4.78 is 0. The van der Waals surface area contributed by atoms with Crippen molar-refractivity contribution in [1.29, 1.82) is 0 Å². The van der Waals surface area contributed by atoms with E-state index in [9.17, 15) is 4.79 Å². The molecule has 1 heterocycles. The molecule has 18 heavy (non-hydrogen) atoms. The monoisotopic (exact) mass is 243 g/mol. The van der Waals surface area contributed by atoms with Gasteiger partial charge in [-0.05, 0) is 19.1 Å². The number of aromatic carboxylic acids is 1. The largest absolute Gasteiger partial charge is 0.477 e. The van der Waals surface area contributed by atoms with Crippen molar-refractivity contribution in [2.75, 3.05) is 11.9 Å². The molecule has 1 aromatic carbocycles. The van der Waals surface area contributed by atoms with Crippen molar-refractivity contribution in [3.05, 3.63) is 47.9 Å². The zero-order chi connectivity index (χ0) is 13.1. The first kappa shape index (κ1) is 12.0. The molecule has 0 saturated heterocycles. The standard InChI is InChI=1S/C13H13N3O2/c1-9-3-5-10(6-4-9)16(2)12-11(13(17)18)7-14-8-15-12/h3-8H,1-2H3,(H,17,18). The third kappa shape index (κ3) is 2.29. The maximum atomic E-state index is 11.1. The van der Waals surface area contributed by atoms with Crippen molar-refractivity contribution in [3.63, 3.8) is 0 Å². The van der Waals surface area contributed by atoms with Crippen LogP contribution in [-0.2, 0) is 0 Å². The van der Waals surface area contributed by atoms with Gasteiger partial charge in [0.15, 0.2) is 5.82 Å². The van der Waals surface area contributed by atoms with E-state index in [4.69, 9.17) is 5.11 Å². The van der Waals surface area contributed by atoms with E-state index in [1.807, 2.05) is 31.2 Å². The van der Waals surface area contributed by atoms with E-state index in [1.54, 1.807) is 11.9 Å². The summed E-state index contributed by atoms with van der Waals surface area (Å²) in [6.07, 6.45) is 2.64. The van der Waals surface area contributed by atoms with Gasteiger partial charge in [-0.25, -0.2) is 14.8 Å². The molecule has 0 bridgehead atoms. The number of rotatable bonds is 3. The van der Waals surface area contributed by atoms with Gasteiger partial charge in [0.05, 0.1) is 0 Å². The van der Waals surface area contributed by atoms with Gasteiger partial charge in [-0.3, -0.25) is 0 Å². The van der Waals surface area contributed by atoms with E-state index in [1.165, 1.54) is 12.5 Å². The van der Waals surface area contributed by atoms with E-state index in [0.29, 0.717) is 5.82 Å².